The Labute approximate surface area is 103 Å². The van der Waals surface area contributed by atoms with Crippen molar-refractivity contribution >= 4 is 5.97 Å². The summed E-state index contributed by atoms with van der Waals surface area (Å²) in [6.45, 7) is 1.61. The molecule has 0 saturated heterocycles. The second-order valence-corrected chi connectivity index (χ2v) is 4.03. The van der Waals surface area contributed by atoms with Crippen LogP contribution in [0.3, 0.4) is 0 Å². The van der Waals surface area contributed by atoms with Crippen LogP contribution >= 0.6 is 0 Å². The second-order valence-electron chi connectivity index (χ2n) is 4.03. The lowest BCUT2D eigenvalue weighted by Gasteiger charge is -2.14. The van der Waals surface area contributed by atoms with E-state index in [1.165, 1.54) is 25.1 Å². The molecule has 1 unspecified atom stereocenters. The monoisotopic (exact) mass is 261 g/mol. The van der Waals surface area contributed by atoms with Crippen LogP contribution in [-0.4, -0.2) is 17.6 Å². The van der Waals surface area contributed by atoms with Gasteiger partial charge in [0.1, 0.15) is 0 Å². The van der Waals surface area contributed by atoms with Crippen LogP contribution in [0.1, 0.15) is 18.1 Å². The van der Waals surface area contributed by atoms with Gasteiger partial charge in [-0.15, -0.1) is 0 Å². The normalized spacial score (nSPS) is 13.3. The van der Waals surface area contributed by atoms with Gasteiger partial charge in [-0.05, 0) is 11.6 Å². The predicted molar refractivity (Wildman–Crippen MR) is 60.0 cm³/mol. The minimum absolute atomic E-state index is 0.00664. The van der Waals surface area contributed by atoms with Gasteiger partial charge in [-0.1, -0.05) is 25.1 Å². The first-order valence-corrected chi connectivity index (χ1v) is 5.41. The summed E-state index contributed by atoms with van der Waals surface area (Å²) in [6.07, 6.45) is -4.39. The molecule has 0 bridgehead atoms. The van der Waals surface area contributed by atoms with Crippen molar-refractivity contribution in [2.75, 3.05) is 6.54 Å². The van der Waals surface area contributed by atoms with Gasteiger partial charge in [0.2, 0.25) is 0 Å². The Morgan fingerprint density at radius 3 is 2.56 bits per heavy atom. The van der Waals surface area contributed by atoms with Crippen molar-refractivity contribution in [3.05, 3.63) is 35.4 Å². The van der Waals surface area contributed by atoms with Crippen molar-refractivity contribution in [3.63, 3.8) is 0 Å². The lowest BCUT2D eigenvalue weighted by atomic mass is 10.1. The molecule has 100 valence electrons. The van der Waals surface area contributed by atoms with E-state index in [-0.39, 0.29) is 18.7 Å². The number of carboxylic acid groups (broad SMARTS) is 1. The summed E-state index contributed by atoms with van der Waals surface area (Å²) < 4.78 is 37.9. The van der Waals surface area contributed by atoms with Gasteiger partial charge in [-0.3, -0.25) is 4.79 Å². The van der Waals surface area contributed by atoms with Gasteiger partial charge in [0.05, 0.1) is 11.5 Å². The molecule has 0 amide bonds. The number of alkyl halides is 3. The summed E-state index contributed by atoms with van der Waals surface area (Å²) in [5, 5.41) is 11.4. The molecule has 0 heterocycles. The first kappa shape index (κ1) is 14.5. The number of hydrogen-bond donors (Lipinski definition) is 2. The van der Waals surface area contributed by atoms with Crippen molar-refractivity contribution in [2.24, 2.45) is 5.92 Å². The first-order chi connectivity index (χ1) is 8.32. The smallest absolute Gasteiger partial charge is 0.416 e. The van der Waals surface area contributed by atoms with Crippen LogP contribution in [0.25, 0.3) is 0 Å². The minimum atomic E-state index is -4.39. The zero-order valence-corrected chi connectivity index (χ0v) is 9.79. The third kappa shape index (κ3) is 4.03. The zero-order chi connectivity index (χ0) is 13.8. The maximum atomic E-state index is 12.6. The summed E-state index contributed by atoms with van der Waals surface area (Å²) in [5.41, 5.74) is -0.580. The zero-order valence-electron chi connectivity index (χ0n) is 9.79. The first-order valence-electron chi connectivity index (χ1n) is 5.41. The Bertz CT molecular complexity index is 418. The fourth-order valence-electron chi connectivity index (χ4n) is 1.46. The summed E-state index contributed by atoms with van der Waals surface area (Å²) in [4.78, 5) is 10.5. The van der Waals surface area contributed by atoms with Crippen LogP contribution < -0.4 is 5.32 Å². The Hall–Kier alpha value is -1.56. The molecular weight excluding hydrogens is 247 g/mol. The van der Waals surface area contributed by atoms with E-state index in [0.717, 1.165) is 6.07 Å². The maximum absolute atomic E-state index is 12.6. The van der Waals surface area contributed by atoms with Crippen LogP contribution in [-0.2, 0) is 17.5 Å². The van der Waals surface area contributed by atoms with Gasteiger partial charge in [0.15, 0.2) is 0 Å². The molecular formula is C12H14F3NO2. The predicted octanol–water partition coefficient (Wildman–Crippen LogP) is 2.52. The molecule has 0 radical (unpaired) electrons. The SMILES string of the molecule is CC(CNCc1ccccc1C(F)(F)F)C(=O)O. The standard InChI is InChI=1S/C12H14F3NO2/c1-8(11(17)18)6-16-7-9-4-2-3-5-10(9)12(13,14)15/h2-5,8,16H,6-7H2,1H3,(H,17,18). The third-order valence-corrected chi connectivity index (χ3v) is 2.51. The summed E-state index contributed by atoms with van der Waals surface area (Å²) in [6, 6.07) is 5.23. The van der Waals surface area contributed by atoms with Gasteiger partial charge in [0.25, 0.3) is 0 Å². The van der Waals surface area contributed by atoms with Gasteiger partial charge in [-0.2, -0.15) is 13.2 Å². The molecule has 0 spiro atoms. The van der Waals surface area contributed by atoms with Crippen LogP contribution in [0.2, 0.25) is 0 Å². The van der Waals surface area contributed by atoms with Crippen molar-refractivity contribution < 1.29 is 23.1 Å². The highest BCUT2D eigenvalue weighted by atomic mass is 19.4. The minimum Gasteiger partial charge on any atom is -0.481 e. The average molecular weight is 261 g/mol. The summed E-state index contributed by atoms with van der Waals surface area (Å²) >= 11 is 0. The molecule has 1 atom stereocenters. The highest BCUT2D eigenvalue weighted by molar-refractivity contribution is 5.69. The Balaban J connectivity index is 2.66. The topological polar surface area (TPSA) is 49.3 Å². The van der Waals surface area contributed by atoms with E-state index < -0.39 is 23.6 Å². The molecule has 2 N–H and O–H groups in total. The van der Waals surface area contributed by atoms with E-state index in [1.54, 1.807) is 0 Å². The highest BCUT2D eigenvalue weighted by Crippen LogP contribution is 2.31. The van der Waals surface area contributed by atoms with Crippen molar-refractivity contribution in [3.8, 4) is 0 Å². The lowest BCUT2D eigenvalue weighted by molar-refractivity contribution is -0.141. The number of carbonyl (C=O) groups is 1. The maximum Gasteiger partial charge on any atom is 0.416 e. The van der Waals surface area contributed by atoms with E-state index in [1.807, 2.05) is 0 Å². The Morgan fingerprint density at radius 2 is 2.00 bits per heavy atom. The van der Waals surface area contributed by atoms with Gasteiger partial charge < -0.3 is 10.4 Å². The van der Waals surface area contributed by atoms with Crippen LogP contribution in [0, 0.1) is 5.92 Å². The summed E-state index contributed by atoms with van der Waals surface area (Å²) in [5.74, 6) is -1.62. The molecule has 0 fully saturated rings. The molecule has 0 aliphatic rings. The number of nitrogens with one attached hydrogen (secondary N) is 1. The Morgan fingerprint density at radius 1 is 1.39 bits per heavy atom. The number of hydrogen-bond acceptors (Lipinski definition) is 2. The molecule has 3 nitrogen and oxygen atoms in total. The third-order valence-electron chi connectivity index (χ3n) is 2.51. The molecule has 1 rings (SSSR count). The van der Waals surface area contributed by atoms with Crippen LogP contribution in [0.15, 0.2) is 24.3 Å². The van der Waals surface area contributed by atoms with E-state index in [9.17, 15) is 18.0 Å². The molecule has 0 aliphatic heterocycles. The van der Waals surface area contributed by atoms with Gasteiger partial charge in [-0.25, -0.2) is 0 Å². The average Bonchev–Trinajstić information content (AvgIpc) is 2.28. The molecule has 1 aromatic rings. The van der Waals surface area contributed by atoms with E-state index in [2.05, 4.69) is 5.32 Å². The second kappa shape index (κ2) is 5.86. The molecule has 6 heteroatoms. The van der Waals surface area contributed by atoms with Crippen molar-refractivity contribution in [1.29, 1.82) is 0 Å². The fourth-order valence-corrected chi connectivity index (χ4v) is 1.46. The van der Waals surface area contributed by atoms with Gasteiger partial charge in [0, 0.05) is 13.1 Å². The quantitative estimate of drug-likeness (QED) is 0.856. The highest BCUT2D eigenvalue weighted by Gasteiger charge is 2.32. The molecule has 0 aliphatic carbocycles. The van der Waals surface area contributed by atoms with E-state index >= 15 is 0 Å². The number of rotatable bonds is 5. The van der Waals surface area contributed by atoms with E-state index in [0.29, 0.717) is 0 Å². The van der Waals surface area contributed by atoms with Crippen molar-refractivity contribution in [2.45, 2.75) is 19.6 Å². The lowest BCUT2D eigenvalue weighted by Crippen LogP contribution is -2.26. The summed E-state index contributed by atoms with van der Waals surface area (Å²) in [7, 11) is 0. The fraction of sp³-hybridized carbons (Fsp3) is 0.417. The molecule has 1 aromatic carbocycles. The molecule has 0 saturated carbocycles. The number of aliphatic carboxylic acids is 1. The molecule has 0 aromatic heterocycles. The van der Waals surface area contributed by atoms with E-state index in [4.69, 9.17) is 5.11 Å². The number of halogens is 3. The van der Waals surface area contributed by atoms with Crippen molar-refractivity contribution in [1.82, 2.24) is 5.32 Å². The van der Waals surface area contributed by atoms with Crippen LogP contribution in [0.5, 0.6) is 0 Å². The number of benzene rings is 1. The molecule has 18 heavy (non-hydrogen) atoms. The number of carboxylic acids is 1. The van der Waals surface area contributed by atoms with Gasteiger partial charge >= 0.3 is 12.1 Å². The van der Waals surface area contributed by atoms with Crippen LogP contribution in [0.4, 0.5) is 13.2 Å². The Kier molecular flexibility index (Phi) is 4.72. The largest absolute Gasteiger partial charge is 0.481 e.